The van der Waals surface area contributed by atoms with Crippen LogP contribution in [0.1, 0.15) is 17.5 Å². The van der Waals surface area contributed by atoms with Crippen LogP contribution in [-0.4, -0.2) is 17.1 Å². The number of carboxylic acid groups (broad SMARTS) is 1. The number of nitrogens with two attached hydrogens (primary N) is 1. The van der Waals surface area contributed by atoms with Gasteiger partial charge in [-0.2, -0.15) is 11.3 Å². The lowest BCUT2D eigenvalue weighted by Crippen LogP contribution is -2.29. The Hall–Kier alpha value is -2.05. The third-order valence-corrected chi connectivity index (χ3v) is 3.63. The van der Waals surface area contributed by atoms with Crippen LogP contribution in [0.4, 0.5) is 8.78 Å². The van der Waals surface area contributed by atoms with E-state index in [1.54, 1.807) is 17.5 Å². The molecule has 0 bridgehead atoms. The van der Waals surface area contributed by atoms with Crippen LogP contribution in [-0.2, 0) is 4.79 Å². The van der Waals surface area contributed by atoms with Gasteiger partial charge in [0.05, 0.1) is 0 Å². The van der Waals surface area contributed by atoms with Gasteiger partial charge >= 0.3 is 5.97 Å². The number of hydrogen-bond acceptors (Lipinski definition) is 3. The lowest BCUT2D eigenvalue weighted by Gasteiger charge is -2.09. The summed E-state index contributed by atoms with van der Waals surface area (Å²) in [6.45, 7) is 0. The maximum absolute atomic E-state index is 14.0. The first kappa shape index (κ1) is 15.3. The van der Waals surface area contributed by atoms with Crippen molar-refractivity contribution in [3.8, 4) is 0 Å². The molecule has 110 valence electrons. The maximum Gasteiger partial charge on any atom is 0.320 e. The first-order chi connectivity index (χ1) is 9.99. The average molecular weight is 309 g/mol. The van der Waals surface area contributed by atoms with Gasteiger partial charge in [-0.3, -0.25) is 4.79 Å². The molecule has 0 saturated carbocycles. The quantitative estimate of drug-likeness (QED) is 0.891. The Balaban J connectivity index is 2.42. The number of rotatable bonds is 5. The van der Waals surface area contributed by atoms with Crippen LogP contribution in [0.15, 0.2) is 41.1 Å². The molecule has 3 N–H and O–H groups in total. The Kier molecular flexibility index (Phi) is 4.82. The minimum Gasteiger partial charge on any atom is -0.480 e. The van der Waals surface area contributed by atoms with Crippen molar-refractivity contribution in [2.24, 2.45) is 5.73 Å². The monoisotopic (exact) mass is 309 g/mol. The summed E-state index contributed by atoms with van der Waals surface area (Å²) in [5.41, 5.74) is 6.92. The van der Waals surface area contributed by atoms with E-state index in [1.807, 2.05) is 5.38 Å². The summed E-state index contributed by atoms with van der Waals surface area (Å²) in [6, 6.07) is 4.01. The molecule has 21 heavy (non-hydrogen) atoms. The number of benzene rings is 1. The van der Waals surface area contributed by atoms with Gasteiger partial charge in [-0.05, 0) is 46.5 Å². The van der Waals surface area contributed by atoms with Crippen molar-refractivity contribution in [2.45, 2.75) is 12.5 Å². The van der Waals surface area contributed by atoms with Crippen molar-refractivity contribution in [1.82, 2.24) is 0 Å². The van der Waals surface area contributed by atoms with E-state index >= 15 is 0 Å². The molecule has 0 fully saturated rings. The van der Waals surface area contributed by atoms with Gasteiger partial charge in [-0.15, -0.1) is 0 Å². The third kappa shape index (κ3) is 3.74. The Morgan fingerprint density at radius 3 is 2.71 bits per heavy atom. The fourth-order valence-electron chi connectivity index (χ4n) is 1.85. The van der Waals surface area contributed by atoms with Gasteiger partial charge in [0.1, 0.15) is 17.7 Å². The van der Waals surface area contributed by atoms with E-state index in [0.717, 1.165) is 17.7 Å². The Labute approximate surface area is 124 Å². The van der Waals surface area contributed by atoms with Crippen LogP contribution in [0, 0.1) is 11.6 Å². The van der Waals surface area contributed by atoms with Crippen molar-refractivity contribution in [3.63, 3.8) is 0 Å². The van der Waals surface area contributed by atoms with E-state index in [2.05, 4.69) is 0 Å². The highest BCUT2D eigenvalue weighted by Gasteiger charge is 2.14. The summed E-state index contributed by atoms with van der Waals surface area (Å²) in [6.07, 6.45) is 1.62. The molecule has 0 spiro atoms. The predicted molar refractivity (Wildman–Crippen MR) is 78.0 cm³/mol. The van der Waals surface area contributed by atoms with E-state index in [4.69, 9.17) is 10.8 Å². The first-order valence-electron chi connectivity index (χ1n) is 6.15. The zero-order chi connectivity index (χ0) is 15.4. The molecule has 1 heterocycles. The lowest BCUT2D eigenvalue weighted by atomic mass is 9.97. The van der Waals surface area contributed by atoms with E-state index < -0.39 is 23.6 Å². The highest BCUT2D eigenvalue weighted by Crippen LogP contribution is 2.28. The molecule has 1 aromatic carbocycles. The largest absolute Gasteiger partial charge is 0.480 e. The Morgan fingerprint density at radius 1 is 1.38 bits per heavy atom. The molecule has 1 aromatic heterocycles. The van der Waals surface area contributed by atoms with Crippen molar-refractivity contribution in [3.05, 3.63) is 63.9 Å². The van der Waals surface area contributed by atoms with Gasteiger partial charge in [-0.25, -0.2) is 8.78 Å². The fraction of sp³-hybridized carbons (Fsp3) is 0.133. The molecule has 1 atom stereocenters. The van der Waals surface area contributed by atoms with Gasteiger partial charge in [-0.1, -0.05) is 6.08 Å². The summed E-state index contributed by atoms with van der Waals surface area (Å²) in [7, 11) is 0. The minimum atomic E-state index is -1.13. The summed E-state index contributed by atoms with van der Waals surface area (Å²) in [4.78, 5) is 10.8. The molecule has 0 aliphatic rings. The number of carboxylic acids is 1. The van der Waals surface area contributed by atoms with Gasteiger partial charge in [0, 0.05) is 11.6 Å². The van der Waals surface area contributed by atoms with Crippen LogP contribution in [0.3, 0.4) is 0 Å². The molecule has 0 radical (unpaired) electrons. The Morgan fingerprint density at radius 2 is 2.14 bits per heavy atom. The van der Waals surface area contributed by atoms with Crippen molar-refractivity contribution in [2.75, 3.05) is 0 Å². The molecule has 3 nitrogen and oxygen atoms in total. The third-order valence-electron chi connectivity index (χ3n) is 2.95. The average Bonchev–Trinajstić information content (AvgIpc) is 2.94. The van der Waals surface area contributed by atoms with Crippen molar-refractivity contribution in [1.29, 1.82) is 0 Å². The first-order valence-corrected chi connectivity index (χ1v) is 7.10. The molecule has 2 aromatic rings. The minimum absolute atomic E-state index is 0.0529. The van der Waals surface area contributed by atoms with E-state index in [1.165, 1.54) is 17.4 Å². The van der Waals surface area contributed by atoms with Crippen LogP contribution in [0.25, 0.3) is 5.57 Å². The summed E-state index contributed by atoms with van der Waals surface area (Å²) >= 11 is 1.43. The second-order valence-corrected chi connectivity index (χ2v) is 5.21. The molecule has 2 rings (SSSR count). The van der Waals surface area contributed by atoms with Gasteiger partial charge < -0.3 is 10.8 Å². The molecule has 0 amide bonds. The smallest absolute Gasteiger partial charge is 0.320 e. The predicted octanol–water partition coefficient (Wildman–Crippen LogP) is 3.26. The molecule has 1 unspecified atom stereocenters. The fourth-order valence-corrected chi connectivity index (χ4v) is 2.51. The zero-order valence-corrected chi connectivity index (χ0v) is 11.7. The van der Waals surface area contributed by atoms with Crippen molar-refractivity contribution >= 4 is 22.9 Å². The van der Waals surface area contributed by atoms with Crippen molar-refractivity contribution < 1.29 is 18.7 Å². The summed E-state index contributed by atoms with van der Waals surface area (Å²) in [5, 5.41) is 12.4. The standard InChI is InChI=1S/C15H13F2NO2S/c16-10-1-2-12(13(17)7-10)11(9-5-6-21-8-9)3-4-14(18)15(19)20/h1-3,5-8,14H,4,18H2,(H,19,20)/b11-3+. The zero-order valence-electron chi connectivity index (χ0n) is 10.9. The number of hydrogen-bond donors (Lipinski definition) is 2. The topological polar surface area (TPSA) is 63.3 Å². The molecular weight excluding hydrogens is 296 g/mol. The second kappa shape index (κ2) is 6.60. The van der Waals surface area contributed by atoms with Crippen LogP contribution in [0.5, 0.6) is 0 Å². The Bertz CT molecular complexity index is 668. The van der Waals surface area contributed by atoms with Crippen LogP contribution < -0.4 is 5.73 Å². The summed E-state index contributed by atoms with van der Waals surface area (Å²) in [5.74, 6) is -2.49. The van der Waals surface area contributed by atoms with E-state index in [0.29, 0.717) is 5.57 Å². The van der Waals surface area contributed by atoms with Gasteiger partial charge in [0.2, 0.25) is 0 Å². The highest BCUT2D eigenvalue weighted by molar-refractivity contribution is 7.08. The molecule has 0 aliphatic heterocycles. The summed E-state index contributed by atoms with van der Waals surface area (Å²) < 4.78 is 27.0. The normalized spacial score (nSPS) is 13.2. The molecular formula is C15H13F2NO2S. The number of carbonyl (C=O) groups is 1. The van der Waals surface area contributed by atoms with E-state index in [-0.39, 0.29) is 12.0 Å². The van der Waals surface area contributed by atoms with Gasteiger partial charge in [0.15, 0.2) is 0 Å². The maximum atomic E-state index is 14.0. The number of thiophene rings is 1. The van der Waals surface area contributed by atoms with Gasteiger partial charge in [0.25, 0.3) is 0 Å². The number of aliphatic carboxylic acids is 1. The second-order valence-electron chi connectivity index (χ2n) is 4.43. The molecule has 0 saturated heterocycles. The van der Waals surface area contributed by atoms with Crippen LogP contribution >= 0.6 is 11.3 Å². The number of halogens is 2. The van der Waals surface area contributed by atoms with Crippen LogP contribution in [0.2, 0.25) is 0 Å². The molecule has 0 aliphatic carbocycles. The molecule has 6 heteroatoms. The lowest BCUT2D eigenvalue weighted by molar-refractivity contribution is -0.138. The van der Waals surface area contributed by atoms with E-state index in [9.17, 15) is 13.6 Å². The highest BCUT2D eigenvalue weighted by atomic mass is 32.1. The SMILES string of the molecule is NC(C/C=C(\c1ccsc1)c1ccc(F)cc1F)C(=O)O.